The van der Waals surface area contributed by atoms with Gasteiger partial charge in [0.25, 0.3) is 5.91 Å². The summed E-state index contributed by atoms with van der Waals surface area (Å²) in [4.78, 5) is 18.5. The second-order valence-corrected chi connectivity index (χ2v) is 5.26. The molecule has 1 aliphatic heterocycles. The zero-order valence-electron chi connectivity index (χ0n) is 12.3. The first-order valence-electron chi connectivity index (χ1n) is 7.24. The molecular weight excluding hydrogens is 266 g/mol. The van der Waals surface area contributed by atoms with Crippen molar-refractivity contribution in [1.82, 2.24) is 15.2 Å². The van der Waals surface area contributed by atoms with Crippen molar-refractivity contribution in [3.8, 4) is 11.8 Å². The van der Waals surface area contributed by atoms with Crippen molar-refractivity contribution in [2.45, 2.75) is 25.3 Å². The maximum absolute atomic E-state index is 12.2. The van der Waals surface area contributed by atoms with E-state index < -0.39 is 0 Å². The first-order valence-corrected chi connectivity index (χ1v) is 7.24. The van der Waals surface area contributed by atoms with Gasteiger partial charge in [-0.2, -0.15) is 0 Å². The smallest absolute Gasteiger partial charge is 0.252 e. The third-order valence-corrected chi connectivity index (χ3v) is 3.73. The molecule has 1 atom stereocenters. The number of aliphatic hydroxyl groups excluding tert-OH is 1. The third-order valence-electron chi connectivity index (χ3n) is 3.73. The lowest BCUT2D eigenvalue weighted by atomic mass is 10.0. The van der Waals surface area contributed by atoms with Crippen LogP contribution in [-0.2, 0) is 0 Å². The highest BCUT2D eigenvalue weighted by molar-refractivity contribution is 5.94. The Kier molecular flexibility index (Phi) is 5.73. The Morgan fingerprint density at radius 1 is 1.52 bits per heavy atom. The van der Waals surface area contributed by atoms with Crippen LogP contribution in [0.5, 0.6) is 0 Å². The molecule has 1 fully saturated rings. The first kappa shape index (κ1) is 15.5. The fourth-order valence-electron chi connectivity index (χ4n) is 2.49. The number of likely N-dealkylation sites (tertiary alicyclic amines) is 1. The summed E-state index contributed by atoms with van der Waals surface area (Å²) < 4.78 is 0. The van der Waals surface area contributed by atoms with Crippen LogP contribution in [0.1, 0.15) is 35.2 Å². The van der Waals surface area contributed by atoms with E-state index in [-0.39, 0.29) is 12.5 Å². The van der Waals surface area contributed by atoms with Crippen LogP contribution >= 0.6 is 0 Å². The normalized spacial score (nSPS) is 18.7. The number of nitrogens with one attached hydrogen (secondary N) is 1. The number of piperidine rings is 1. The van der Waals surface area contributed by atoms with Crippen molar-refractivity contribution in [2.75, 3.05) is 26.7 Å². The molecule has 5 heteroatoms. The van der Waals surface area contributed by atoms with Gasteiger partial charge in [0, 0.05) is 30.5 Å². The highest BCUT2D eigenvalue weighted by Crippen LogP contribution is 2.14. The molecule has 1 aromatic heterocycles. The van der Waals surface area contributed by atoms with Crippen LogP contribution in [0.2, 0.25) is 0 Å². The highest BCUT2D eigenvalue weighted by atomic mass is 16.2. The summed E-state index contributed by atoms with van der Waals surface area (Å²) in [5.74, 6) is 5.17. The van der Waals surface area contributed by atoms with Gasteiger partial charge in [-0.25, -0.2) is 0 Å². The molecule has 0 radical (unpaired) electrons. The Labute approximate surface area is 125 Å². The lowest BCUT2D eigenvalue weighted by molar-refractivity contribution is 0.0928. The summed E-state index contributed by atoms with van der Waals surface area (Å²) in [5.41, 5.74) is 1.13. The number of nitrogens with zero attached hydrogens (tertiary/aromatic N) is 2. The van der Waals surface area contributed by atoms with Gasteiger partial charge >= 0.3 is 0 Å². The van der Waals surface area contributed by atoms with Crippen molar-refractivity contribution in [1.29, 1.82) is 0 Å². The molecule has 2 rings (SSSR count). The molecule has 1 aliphatic rings. The van der Waals surface area contributed by atoms with Crippen LogP contribution in [0.3, 0.4) is 0 Å². The van der Waals surface area contributed by atoms with E-state index in [1.165, 1.54) is 19.0 Å². The monoisotopic (exact) mass is 287 g/mol. The van der Waals surface area contributed by atoms with E-state index >= 15 is 0 Å². The number of hydrogen-bond acceptors (Lipinski definition) is 4. The Balaban J connectivity index is 1.93. The maximum Gasteiger partial charge on any atom is 0.252 e. The zero-order valence-corrected chi connectivity index (χ0v) is 12.3. The van der Waals surface area contributed by atoms with Gasteiger partial charge in [0.2, 0.25) is 0 Å². The van der Waals surface area contributed by atoms with Crippen LogP contribution in [0, 0.1) is 11.8 Å². The molecule has 5 nitrogen and oxygen atoms in total. The number of likely N-dealkylation sites (N-methyl/N-ethyl adjacent to an activating group) is 1. The van der Waals surface area contributed by atoms with Crippen molar-refractivity contribution < 1.29 is 9.90 Å². The molecule has 0 aromatic carbocycles. The SMILES string of the molecule is CN1CCCCC1CNC(=O)c1cncc(C#CCO)c1. The van der Waals surface area contributed by atoms with Gasteiger partial charge in [-0.1, -0.05) is 18.3 Å². The minimum Gasteiger partial charge on any atom is -0.384 e. The molecule has 0 bridgehead atoms. The highest BCUT2D eigenvalue weighted by Gasteiger charge is 2.19. The summed E-state index contributed by atoms with van der Waals surface area (Å²) in [6.45, 7) is 1.54. The van der Waals surface area contributed by atoms with Gasteiger partial charge in [0.05, 0.1) is 5.56 Å². The van der Waals surface area contributed by atoms with Crippen molar-refractivity contribution in [3.63, 3.8) is 0 Å². The van der Waals surface area contributed by atoms with Gasteiger partial charge in [-0.05, 0) is 32.5 Å². The van der Waals surface area contributed by atoms with Crippen LogP contribution in [0.25, 0.3) is 0 Å². The molecule has 1 aromatic rings. The Morgan fingerprint density at radius 3 is 3.14 bits per heavy atom. The maximum atomic E-state index is 12.2. The summed E-state index contributed by atoms with van der Waals surface area (Å²) in [6.07, 6.45) is 6.69. The standard InChI is InChI=1S/C16H21N3O2/c1-19-7-3-2-6-15(19)12-18-16(21)14-9-13(5-4-8-20)10-17-11-14/h9-11,15,20H,2-3,6-8,12H2,1H3,(H,18,21). The number of carbonyl (C=O) groups is 1. The first-order chi connectivity index (χ1) is 10.2. The van der Waals surface area contributed by atoms with E-state index in [1.54, 1.807) is 12.3 Å². The Bertz CT molecular complexity index is 548. The molecule has 2 heterocycles. The van der Waals surface area contributed by atoms with Crippen LogP contribution < -0.4 is 5.32 Å². The van der Waals surface area contributed by atoms with Gasteiger partial charge in [0.15, 0.2) is 0 Å². The predicted molar refractivity (Wildman–Crippen MR) is 80.8 cm³/mol. The van der Waals surface area contributed by atoms with Gasteiger partial charge in [0.1, 0.15) is 6.61 Å². The molecule has 1 saturated heterocycles. The number of hydrogen-bond donors (Lipinski definition) is 2. The molecule has 2 N–H and O–H groups in total. The topological polar surface area (TPSA) is 65.5 Å². The summed E-state index contributed by atoms with van der Waals surface area (Å²) in [5, 5.41) is 11.6. The Morgan fingerprint density at radius 2 is 2.38 bits per heavy atom. The van der Waals surface area contributed by atoms with E-state index in [2.05, 4.69) is 34.1 Å². The molecule has 21 heavy (non-hydrogen) atoms. The third kappa shape index (κ3) is 4.55. The number of aromatic nitrogens is 1. The van der Waals surface area contributed by atoms with Gasteiger partial charge in [-0.3, -0.25) is 9.78 Å². The molecule has 0 aliphatic carbocycles. The number of carbonyl (C=O) groups excluding carboxylic acids is 1. The number of rotatable bonds is 3. The fourth-order valence-corrected chi connectivity index (χ4v) is 2.49. The van der Waals surface area contributed by atoms with E-state index in [0.717, 1.165) is 13.0 Å². The average molecular weight is 287 g/mol. The average Bonchev–Trinajstić information content (AvgIpc) is 2.52. The van der Waals surface area contributed by atoms with Crippen LogP contribution in [-0.4, -0.2) is 53.7 Å². The summed E-state index contributed by atoms with van der Waals surface area (Å²) in [6, 6.07) is 2.10. The minimum absolute atomic E-state index is 0.130. The fraction of sp³-hybridized carbons (Fsp3) is 0.500. The minimum atomic E-state index is -0.204. The van der Waals surface area contributed by atoms with Gasteiger partial charge < -0.3 is 15.3 Å². The lowest BCUT2D eigenvalue weighted by Gasteiger charge is -2.32. The number of pyridine rings is 1. The van der Waals surface area contributed by atoms with Crippen molar-refractivity contribution in [3.05, 3.63) is 29.6 Å². The summed E-state index contributed by atoms with van der Waals surface area (Å²) >= 11 is 0. The van der Waals surface area contributed by atoms with Crippen LogP contribution in [0.15, 0.2) is 18.5 Å². The summed E-state index contributed by atoms with van der Waals surface area (Å²) in [7, 11) is 2.10. The second kappa shape index (κ2) is 7.77. The van der Waals surface area contributed by atoms with Crippen molar-refractivity contribution >= 4 is 5.91 Å². The van der Waals surface area contributed by atoms with E-state index in [9.17, 15) is 4.79 Å². The lowest BCUT2D eigenvalue weighted by Crippen LogP contribution is -2.44. The number of amides is 1. The molecule has 112 valence electrons. The number of aliphatic hydroxyl groups is 1. The molecule has 0 saturated carbocycles. The predicted octanol–water partition coefficient (Wildman–Crippen LogP) is 0.639. The molecular formula is C16H21N3O2. The largest absolute Gasteiger partial charge is 0.384 e. The van der Waals surface area contributed by atoms with E-state index in [1.807, 2.05) is 0 Å². The van der Waals surface area contributed by atoms with Gasteiger partial charge in [-0.15, -0.1) is 0 Å². The molecule has 1 amide bonds. The van der Waals surface area contributed by atoms with E-state index in [4.69, 9.17) is 5.11 Å². The molecule has 1 unspecified atom stereocenters. The van der Waals surface area contributed by atoms with E-state index in [0.29, 0.717) is 23.7 Å². The quantitative estimate of drug-likeness (QED) is 0.801. The zero-order chi connectivity index (χ0) is 15.1. The Hall–Kier alpha value is -1.90. The second-order valence-electron chi connectivity index (χ2n) is 5.26. The van der Waals surface area contributed by atoms with Crippen molar-refractivity contribution in [2.24, 2.45) is 0 Å². The van der Waals surface area contributed by atoms with Crippen LogP contribution in [0.4, 0.5) is 0 Å². The molecule has 0 spiro atoms.